The number of methoxy groups -OCH3 is 1. The summed E-state index contributed by atoms with van der Waals surface area (Å²) in [6.45, 7) is 0.571. The number of rotatable bonds is 3. The van der Waals surface area contributed by atoms with Gasteiger partial charge in [0.15, 0.2) is 0 Å². The predicted octanol–water partition coefficient (Wildman–Crippen LogP) is 2.53. The lowest BCUT2D eigenvalue weighted by Gasteiger charge is -2.11. The molecule has 0 fully saturated rings. The molecule has 0 amide bonds. The van der Waals surface area contributed by atoms with Crippen molar-refractivity contribution in [2.45, 2.75) is 12.8 Å². The van der Waals surface area contributed by atoms with Crippen molar-refractivity contribution in [1.29, 1.82) is 0 Å². The van der Waals surface area contributed by atoms with E-state index < -0.39 is 11.7 Å². The minimum atomic E-state index is -3.37. The van der Waals surface area contributed by atoms with Crippen LogP contribution in [0.3, 0.4) is 0 Å². The number of carbonyl (C=O) groups excluding carboxylic acids is 1. The van der Waals surface area contributed by atoms with E-state index in [1.165, 1.54) is 25.3 Å². The third kappa shape index (κ3) is 2.07. The van der Waals surface area contributed by atoms with Gasteiger partial charge in [0.05, 0.1) is 12.7 Å². The Balaban J connectivity index is 3.13. The highest BCUT2D eigenvalue weighted by Gasteiger charge is 2.34. The van der Waals surface area contributed by atoms with Crippen molar-refractivity contribution in [2.24, 2.45) is 0 Å². The molecule has 1 aromatic carbocycles. The van der Waals surface area contributed by atoms with E-state index in [1.807, 2.05) is 0 Å². The van der Waals surface area contributed by atoms with Crippen LogP contribution in [-0.2, 0) is 0 Å². The van der Waals surface area contributed by atoms with Crippen LogP contribution in [0.1, 0.15) is 17.3 Å². The fourth-order valence-electron chi connectivity index (χ4n) is 1.07. The van der Waals surface area contributed by atoms with E-state index in [4.69, 9.17) is 4.74 Å². The molecule has 0 bridgehead atoms. The average Bonchev–Trinajstić information content (AvgIpc) is 2.15. The Morgan fingerprint density at radius 3 is 2.43 bits per heavy atom. The quantitative estimate of drug-likeness (QED) is 0.701. The minimum absolute atomic E-state index is 0.0949. The summed E-state index contributed by atoms with van der Waals surface area (Å²) in [5.41, 5.74) is -0.0949. The monoisotopic (exact) mass is 200 g/mol. The van der Waals surface area contributed by atoms with E-state index in [1.54, 1.807) is 6.07 Å². The number of para-hydroxylation sites is 1. The van der Waals surface area contributed by atoms with Gasteiger partial charge in [-0.15, -0.1) is 0 Å². The molecule has 0 N–H and O–H groups in total. The van der Waals surface area contributed by atoms with Crippen LogP contribution in [0.15, 0.2) is 24.3 Å². The molecule has 14 heavy (non-hydrogen) atoms. The van der Waals surface area contributed by atoms with Crippen molar-refractivity contribution >= 4 is 5.78 Å². The summed E-state index contributed by atoms with van der Waals surface area (Å²) < 4.78 is 30.2. The molecule has 0 aromatic heterocycles. The van der Waals surface area contributed by atoms with Crippen molar-refractivity contribution in [1.82, 2.24) is 0 Å². The Labute approximate surface area is 80.5 Å². The number of benzene rings is 1. The number of hydrogen-bond acceptors (Lipinski definition) is 2. The molecule has 0 unspecified atom stereocenters. The van der Waals surface area contributed by atoms with E-state index in [-0.39, 0.29) is 11.3 Å². The summed E-state index contributed by atoms with van der Waals surface area (Å²) in [4.78, 5) is 11.2. The number of carbonyl (C=O) groups is 1. The van der Waals surface area contributed by atoms with Gasteiger partial charge >= 0.3 is 5.92 Å². The third-order valence-electron chi connectivity index (χ3n) is 1.75. The van der Waals surface area contributed by atoms with Crippen LogP contribution >= 0.6 is 0 Å². The van der Waals surface area contributed by atoms with Crippen molar-refractivity contribution in [3.8, 4) is 5.75 Å². The number of ether oxygens (including phenoxy) is 1. The standard InChI is InChI=1S/C10H10F2O2/c1-10(11,12)9(13)7-5-3-4-6-8(7)14-2/h3-6H,1-2H3. The first-order valence-electron chi connectivity index (χ1n) is 4.02. The number of Topliss-reactive ketones (excluding diaryl/α,β-unsaturated/α-hetero) is 1. The van der Waals surface area contributed by atoms with E-state index in [0.717, 1.165) is 0 Å². The van der Waals surface area contributed by atoms with E-state index >= 15 is 0 Å². The van der Waals surface area contributed by atoms with Gasteiger partial charge in [0.25, 0.3) is 0 Å². The molecule has 0 radical (unpaired) electrons. The van der Waals surface area contributed by atoms with Crippen LogP contribution in [0, 0.1) is 0 Å². The molecule has 0 aliphatic carbocycles. The van der Waals surface area contributed by atoms with Crippen LogP contribution in [0.4, 0.5) is 8.78 Å². The lowest BCUT2D eigenvalue weighted by molar-refractivity contribution is 0.0219. The minimum Gasteiger partial charge on any atom is -0.496 e. The van der Waals surface area contributed by atoms with Crippen LogP contribution in [0.2, 0.25) is 0 Å². The number of halogens is 2. The van der Waals surface area contributed by atoms with Crippen LogP contribution < -0.4 is 4.74 Å². The summed E-state index contributed by atoms with van der Waals surface area (Å²) in [5, 5.41) is 0. The maximum Gasteiger partial charge on any atom is 0.307 e. The summed E-state index contributed by atoms with van der Waals surface area (Å²) in [6, 6.07) is 5.92. The second kappa shape index (κ2) is 3.74. The zero-order valence-electron chi connectivity index (χ0n) is 7.88. The largest absolute Gasteiger partial charge is 0.496 e. The molecule has 0 atom stereocenters. The van der Waals surface area contributed by atoms with Gasteiger partial charge in [-0.05, 0) is 12.1 Å². The van der Waals surface area contributed by atoms with Gasteiger partial charge in [0.2, 0.25) is 5.78 Å². The number of hydrogen-bond donors (Lipinski definition) is 0. The molecular formula is C10H10F2O2. The molecule has 0 heterocycles. The normalized spacial score (nSPS) is 11.1. The Bertz CT molecular complexity index is 342. The second-order valence-corrected chi connectivity index (χ2v) is 2.92. The van der Waals surface area contributed by atoms with Gasteiger partial charge in [0.1, 0.15) is 5.75 Å². The van der Waals surface area contributed by atoms with E-state index in [2.05, 4.69) is 0 Å². The highest BCUT2D eigenvalue weighted by Crippen LogP contribution is 2.25. The SMILES string of the molecule is COc1ccccc1C(=O)C(C)(F)F. The summed E-state index contributed by atoms with van der Waals surface area (Å²) in [7, 11) is 1.33. The Kier molecular flexibility index (Phi) is 2.84. The maximum absolute atomic E-state index is 12.7. The van der Waals surface area contributed by atoms with Crippen molar-refractivity contribution in [2.75, 3.05) is 7.11 Å². The highest BCUT2D eigenvalue weighted by atomic mass is 19.3. The Morgan fingerprint density at radius 1 is 1.36 bits per heavy atom. The molecule has 0 saturated heterocycles. The van der Waals surface area contributed by atoms with Crippen molar-refractivity contribution in [3.05, 3.63) is 29.8 Å². The average molecular weight is 200 g/mol. The molecule has 0 spiro atoms. The highest BCUT2D eigenvalue weighted by molar-refractivity contribution is 6.03. The first-order valence-corrected chi connectivity index (χ1v) is 4.02. The second-order valence-electron chi connectivity index (χ2n) is 2.92. The molecule has 1 aromatic rings. The van der Waals surface area contributed by atoms with E-state index in [9.17, 15) is 13.6 Å². The fourth-order valence-corrected chi connectivity index (χ4v) is 1.07. The third-order valence-corrected chi connectivity index (χ3v) is 1.75. The van der Waals surface area contributed by atoms with Gasteiger partial charge in [0, 0.05) is 6.92 Å². The Hall–Kier alpha value is -1.45. The number of alkyl halides is 2. The topological polar surface area (TPSA) is 26.3 Å². The molecule has 0 aliphatic rings. The molecular weight excluding hydrogens is 190 g/mol. The van der Waals surface area contributed by atoms with Gasteiger partial charge in [-0.25, -0.2) is 0 Å². The van der Waals surface area contributed by atoms with Crippen LogP contribution in [0.5, 0.6) is 5.75 Å². The van der Waals surface area contributed by atoms with Gasteiger partial charge in [-0.1, -0.05) is 12.1 Å². The zero-order valence-corrected chi connectivity index (χ0v) is 7.88. The molecule has 0 saturated carbocycles. The molecule has 2 nitrogen and oxygen atoms in total. The lowest BCUT2D eigenvalue weighted by atomic mass is 10.1. The predicted molar refractivity (Wildman–Crippen MR) is 47.9 cm³/mol. The van der Waals surface area contributed by atoms with Crippen molar-refractivity contribution < 1.29 is 18.3 Å². The first kappa shape index (κ1) is 10.6. The summed E-state index contributed by atoms with van der Waals surface area (Å²) >= 11 is 0. The Morgan fingerprint density at radius 2 is 1.93 bits per heavy atom. The summed E-state index contributed by atoms with van der Waals surface area (Å²) in [5.74, 6) is -4.43. The fraction of sp³-hybridized carbons (Fsp3) is 0.300. The zero-order chi connectivity index (χ0) is 10.8. The summed E-state index contributed by atoms with van der Waals surface area (Å²) in [6.07, 6.45) is 0. The molecule has 4 heteroatoms. The van der Waals surface area contributed by atoms with Gasteiger partial charge in [-0.3, -0.25) is 4.79 Å². The maximum atomic E-state index is 12.7. The van der Waals surface area contributed by atoms with Crippen LogP contribution in [-0.4, -0.2) is 18.8 Å². The first-order chi connectivity index (χ1) is 6.46. The lowest BCUT2D eigenvalue weighted by Crippen LogP contribution is -2.24. The number of ketones is 1. The molecule has 76 valence electrons. The molecule has 0 aliphatic heterocycles. The molecule has 1 rings (SSSR count). The van der Waals surface area contributed by atoms with E-state index in [0.29, 0.717) is 6.92 Å². The van der Waals surface area contributed by atoms with Gasteiger partial charge < -0.3 is 4.74 Å². The van der Waals surface area contributed by atoms with Crippen LogP contribution in [0.25, 0.3) is 0 Å². The van der Waals surface area contributed by atoms with Gasteiger partial charge in [-0.2, -0.15) is 8.78 Å². The van der Waals surface area contributed by atoms with Crippen molar-refractivity contribution in [3.63, 3.8) is 0 Å². The smallest absolute Gasteiger partial charge is 0.307 e.